The molecule has 4 fully saturated rings. The molecule has 4 aliphatic carbocycles. The summed E-state index contributed by atoms with van der Waals surface area (Å²) in [4.78, 5) is 0. The number of hydrogen-bond acceptors (Lipinski definition) is 0. The Morgan fingerprint density at radius 1 is 0.611 bits per heavy atom. The van der Waals surface area contributed by atoms with Crippen LogP contribution in [0.1, 0.15) is 44.1 Å². The fourth-order valence-electron chi connectivity index (χ4n) is 8.72. The van der Waals surface area contributed by atoms with Gasteiger partial charge in [-0.25, -0.2) is 0 Å². The van der Waals surface area contributed by atoms with Gasteiger partial charge in [-0.05, 0) is 103 Å². The molecule has 1 heterocycles. The smallest absolute Gasteiger partial charge is 0.0541 e. The van der Waals surface area contributed by atoms with Gasteiger partial charge in [0.2, 0.25) is 0 Å². The number of aromatic nitrogens is 1. The van der Waals surface area contributed by atoms with E-state index in [0.29, 0.717) is 5.41 Å². The molecule has 0 atom stereocenters. The van der Waals surface area contributed by atoms with E-state index in [0.717, 1.165) is 17.8 Å². The van der Waals surface area contributed by atoms with Crippen molar-refractivity contribution in [2.75, 3.05) is 0 Å². The molecule has 0 unspecified atom stereocenters. The Morgan fingerprint density at radius 3 is 1.81 bits per heavy atom. The van der Waals surface area contributed by atoms with E-state index in [1.165, 1.54) is 81.6 Å². The largest absolute Gasteiger partial charge is 0.309 e. The van der Waals surface area contributed by atoms with Crippen molar-refractivity contribution in [2.24, 2.45) is 17.8 Å². The molecule has 4 aromatic carbocycles. The maximum atomic E-state index is 3.85. The molecule has 4 saturated carbocycles. The molecule has 2 heteroatoms. The Bertz CT molecular complexity index is 1550. The van der Waals surface area contributed by atoms with E-state index in [4.69, 9.17) is 0 Å². The van der Waals surface area contributed by atoms with Crippen molar-refractivity contribution in [3.8, 4) is 16.8 Å². The van der Waals surface area contributed by atoms with Crippen LogP contribution in [-0.2, 0) is 5.41 Å². The zero-order chi connectivity index (χ0) is 23.9. The lowest BCUT2D eigenvalue weighted by Gasteiger charge is -2.57. The van der Waals surface area contributed by atoms with Crippen LogP contribution < -0.4 is 0 Å². The first kappa shape index (κ1) is 21.3. The Kier molecular flexibility index (Phi) is 4.62. The summed E-state index contributed by atoms with van der Waals surface area (Å²) in [7, 11) is 0. The normalized spacial score (nSPS) is 26.8. The fraction of sp³-hybridized carbons (Fsp3) is 0.294. The average molecular weight is 533 g/mol. The third-order valence-corrected chi connectivity index (χ3v) is 10.1. The summed E-state index contributed by atoms with van der Waals surface area (Å²) < 4.78 is 3.66. The third-order valence-electron chi connectivity index (χ3n) is 9.61. The average Bonchev–Trinajstić information content (AvgIpc) is 3.22. The summed E-state index contributed by atoms with van der Waals surface area (Å²) >= 11 is 3.85. The molecule has 4 bridgehead atoms. The van der Waals surface area contributed by atoms with Crippen LogP contribution in [0.4, 0.5) is 0 Å². The predicted octanol–water partition coefficient (Wildman–Crippen LogP) is 9.68. The maximum absolute atomic E-state index is 3.85. The highest BCUT2D eigenvalue weighted by Crippen LogP contribution is 2.62. The zero-order valence-electron chi connectivity index (χ0n) is 20.5. The number of para-hydroxylation sites is 3. The van der Waals surface area contributed by atoms with Crippen LogP contribution in [0.5, 0.6) is 0 Å². The summed E-state index contributed by atoms with van der Waals surface area (Å²) in [5.74, 6) is 2.79. The molecule has 0 aliphatic heterocycles. The number of nitrogens with zero attached hydrogens (tertiary/aromatic N) is 1. The van der Waals surface area contributed by atoms with Gasteiger partial charge in [0.25, 0.3) is 0 Å². The van der Waals surface area contributed by atoms with E-state index in [-0.39, 0.29) is 0 Å². The minimum absolute atomic E-state index is 0.346. The van der Waals surface area contributed by atoms with E-state index in [2.05, 4.69) is 111 Å². The Labute approximate surface area is 221 Å². The van der Waals surface area contributed by atoms with Crippen molar-refractivity contribution in [2.45, 2.75) is 43.9 Å². The van der Waals surface area contributed by atoms with Crippen LogP contribution in [0.3, 0.4) is 0 Å². The second-order valence-corrected chi connectivity index (χ2v) is 12.7. The lowest BCUT2D eigenvalue weighted by Crippen LogP contribution is -2.48. The standard InChI is InChI=1S/C34H30BrN/c35-25-13-14-30(34-19-22-15-23(20-34)17-24(16-22)21-34)29(18-25)28-9-3-6-12-33(28)36-31-10-4-1-7-26(31)27-8-2-5-11-32(27)36/h1-14,18,22-24H,15-17,19-21H2. The van der Waals surface area contributed by atoms with Crippen molar-refractivity contribution in [3.05, 3.63) is 101 Å². The van der Waals surface area contributed by atoms with E-state index >= 15 is 0 Å². The minimum Gasteiger partial charge on any atom is -0.309 e. The number of hydrogen-bond donors (Lipinski definition) is 0. The van der Waals surface area contributed by atoms with Crippen LogP contribution in [0.15, 0.2) is 95.5 Å². The second-order valence-electron chi connectivity index (χ2n) is 11.8. The Balaban J connectivity index is 1.39. The van der Waals surface area contributed by atoms with Crippen molar-refractivity contribution in [1.82, 2.24) is 4.57 Å². The van der Waals surface area contributed by atoms with E-state index < -0.39 is 0 Å². The molecule has 1 aromatic heterocycles. The summed E-state index contributed by atoms with van der Waals surface area (Å²) in [6.45, 7) is 0. The third kappa shape index (κ3) is 3.07. The van der Waals surface area contributed by atoms with Gasteiger partial charge in [0, 0.05) is 20.8 Å². The lowest BCUT2D eigenvalue weighted by molar-refractivity contribution is -0.00492. The van der Waals surface area contributed by atoms with Gasteiger partial charge in [-0.2, -0.15) is 0 Å². The first-order valence-electron chi connectivity index (χ1n) is 13.6. The Hall–Kier alpha value is -2.84. The highest BCUT2D eigenvalue weighted by Gasteiger charge is 2.52. The summed E-state index contributed by atoms with van der Waals surface area (Å²) in [6.07, 6.45) is 8.57. The first-order valence-corrected chi connectivity index (χ1v) is 14.4. The van der Waals surface area contributed by atoms with E-state index in [1.807, 2.05) is 0 Å². The number of rotatable bonds is 3. The summed E-state index contributed by atoms with van der Waals surface area (Å²) in [5, 5.41) is 2.64. The molecule has 178 valence electrons. The number of halogens is 1. The molecule has 0 saturated heterocycles. The fourth-order valence-corrected chi connectivity index (χ4v) is 9.08. The van der Waals surface area contributed by atoms with Gasteiger partial charge in [0.05, 0.1) is 16.7 Å². The molecule has 1 nitrogen and oxygen atoms in total. The first-order chi connectivity index (χ1) is 17.7. The molecular formula is C34H30BrN. The highest BCUT2D eigenvalue weighted by atomic mass is 79.9. The molecule has 4 aliphatic rings. The van der Waals surface area contributed by atoms with Crippen LogP contribution >= 0.6 is 15.9 Å². The van der Waals surface area contributed by atoms with Crippen molar-refractivity contribution >= 4 is 37.7 Å². The van der Waals surface area contributed by atoms with Gasteiger partial charge < -0.3 is 4.57 Å². The molecule has 9 rings (SSSR count). The molecular weight excluding hydrogens is 502 g/mol. The SMILES string of the molecule is Brc1ccc(C23CC4CC(CC(C4)C2)C3)c(-c2ccccc2-n2c3ccccc3c3ccccc32)c1. The van der Waals surface area contributed by atoms with Crippen molar-refractivity contribution in [1.29, 1.82) is 0 Å². The highest BCUT2D eigenvalue weighted by molar-refractivity contribution is 9.10. The number of benzene rings is 4. The van der Waals surface area contributed by atoms with Crippen LogP contribution in [-0.4, -0.2) is 4.57 Å². The predicted molar refractivity (Wildman–Crippen MR) is 154 cm³/mol. The summed E-state index contributed by atoms with van der Waals surface area (Å²) in [5.41, 5.74) is 8.53. The van der Waals surface area contributed by atoms with Crippen LogP contribution in [0, 0.1) is 17.8 Å². The van der Waals surface area contributed by atoms with Crippen molar-refractivity contribution < 1.29 is 0 Å². The minimum atomic E-state index is 0.346. The molecule has 0 spiro atoms. The van der Waals surface area contributed by atoms with E-state index in [1.54, 1.807) is 5.56 Å². The Morgan fingerprint density at radius 2 is 1.17 bits per heavy atom. The van der Waals surface area contributed by atoms with Gasteiger partial charge in [0.15, 0.2) is 0 Å². The molecule has 0 radical (unpaired) electrons. The molecule has 0 amide bonds. The van der Waals surface area contributed by atoms with Crippen molar-refractivity contribution in [3.63, 3.8) is 0 Å². The molecule has 36 heavy (non-hydrogen) atoms. The van der Waals surface area contributed by atoms with Gasteiger partial charge >= 0.3 is 0 Å². The van der Waals surface area contributed by atoms with Gasteiger partial charge in [-0.3, -0.25) is 0 Å². The van der Waals surface area contributed by atoms with E-state index in [9.17, 15) is 0 Å². The van der Waals surface area contributed by atoms with Gasteiger partial charge in [-0.1, -0.05) is 76.6 Å². The maximum Gasteiger partial charge on any atom is 0.0541 e. The topological polar surface area (TPSA) is 4.93 Å². The van der Waals surface area contributed by atoms with Gasteiger partial charge in [0.1, 0.15) is 0 Å². The quantitative estimate of drug-likeness (QED) is 0.218. The van der Waals surface area contributed by atoms with Crippen LogP contribution in [0.2, 0.25) is 0 Å². The lowest BCUT2D eigenvalue weighted by atomic mass is 9.47. The van der Waals surface area contributed by atoms with Crippen LogP contribution in [0.25, 0.3) is 38.6 Å². The summed E-state index contributed by atoms with van der Waals surface area (Å²) in [6, 6.07) is 34.0. The second kappa shape index (κ2) is 7.83. The number of fused-ring (bicyclic) bond motifs is 3. The molecule has 0 N–H and O–H groups in total. The molecule has 5 aromatic rings. The monoisotopic (exact) mass is 531 g/mol. The van der Waals surface area contributed by atoms with Gasteiger partial charge in [-0.15, -0.1) is 0 Å². The zero-order valence-corrected chi connectivity index (χ0v) is 22.0.